The van der Waals surface area contributed by atoms with Crippen molar-refractivity contribution in [2.45, 2.75) is 52.2 Å². The number of hydrogen-bond acceptors (Lipinski definition) is 5. The zero-order chi connectivity index (χ0) is 20.6. The van der Waals surface area contributed by atoms with E-state index in [4.69, 9.17) is 0 Å². The second kappa shape index (κ2) is 7.88. The number of nitrogens with zero attached hydrogens (tertiary/aromatic N) is 1. The van der Waals surface area contributed by atoms with Gasteiger partial charge in [0.1, 0.15) is 6.04 Å². The van der Waals surface area contributed by atoms with Crippen molar-refractivity contribution in [3.05, 3.63) is 34.9 Å². The Labute approximate surface area is 171 Å². The topological polar surface area (TPSA) is 90.5 Å². The van der Waals surface area contributed by atoms with E-state index in [0.717, 1.165) is 30.8 Å². The molecule has 3 aliphatic rings. The molecule has 7 nitrogen and oxygen atoms in total. The van der Waals surface area contributed by atoms with Crippen LogP contribution in [0.15, 0.2) is 18.2 Å². The van der Waals surface area contributed by atoms with E-state index in [0.29, 0.717) is 36.4 Å². The number of carbonyl (C=O) groups is 3. The van der Waals surface area contributed by atoms with Gasteiger partial charge in [0.2, 0.25) is 11.8 Å². The predicted molar refractivity (Wildman–Crippen MR) is 109 cm³/mol. The molecule has 2 unspecified atom stereocenters. The molecule has 1 aromatic carbocycles. The van der Waals surface area contributed by atoms with Crippen LogP contribution in [0, 0.1) is 11.3 Å². The van der Waals surface area contributed by atoms with Gasteiger partial charge in [0.05, 0.1) is 0 Å². The fourth-order valence-electron chi connectivity index (χ4n) is 4.62. The van der Waals surface area contributed by atoms with Gasteiger partial charge >= 0.3 is 0 Å². The number of hydrogen-bond donors (Lipinski definition) is 3. The van der Waals surface area contributed by atoms with E-state index in [2.05, 4.69) is 35.9 Å². The van der Waals surface area contributed by atoms with Crippen LogP contribution in [0.5, 0.6) is 0 Å². The molecule has 0 aliphatic carbocycles. The van der Waals surface area contributed by atoms with Gasteiger partial charge in [0, 0.05) is 25.1 Å². The Balaban J connectivity index is 1.38. The molecular formula is C22H30N4O3. The van der Waals surface area contributed by atoms with Gasteiger partial charge in [-0.3, -0.25) is 19.7 Å². The molecule has 156 valence electrons. The number of rotatable bonds is 5. The van der Waals surface area contributed by atoms with E-state index in [-0.39, 0.29) is 24.1 Å². The van der Waals surface area contributed by atoms with Gasteiger partial charge in [-0.2, -0.15) is 0 Å². The Kier molecular flexibility index (Phi) is 5.44. The number of carbonyl (C=O) groups excluding carboxylic acids is 3. The fraction of sp³-hybridized carbons (Fsp3) is 0.591. The number of amides is 3. The molecule has 29 heavy (non-hydrogen) atoms. The summed E-state index contributed by atoms with van der Waals surface area (Å²) < 4.78 is 0. The quantitative estimate of drug-likeness (QED) is 0.648. The van der Waals surface area contributed by atoms with Crippen molar-refractivity contribution in [1.29, 1.82) is 0 Å². The third kappa shape index (κ3) is 4.07. The average molecular weight is 399 g/mol. The summed E-state index contributed by atoms with van der Waals surface area (Å²) in [7, 11) is 0. The van der Waals surface area contributed by atoms with Crippen molar-refractivity contribution < 1.29 is 14.4 Å². The highest BCUT2D eigenvalue weighted by Crippen LogP contribution is 2.32. The van der Waals surface area contributed by atoms with Crippen molar-refractivity contribution in [1.82, 2.24) is 20.9 Å². The molecule has 0 saturated carbocycles. The van der Waals surface area contributed by atoms with Gasteiger partial charge in [-0.05, 0) is 61.0 Å². The van der Waals surface area contributed by atoms with Crippen LogP contribution < -0.4 is 16.0 Å². The Morgan fingerprint density at radius 2 is 2.07 bits per heavy atom. The molecule has 1 aromatic rings. The molecular weight excluding hydrogens is 368 g/mol. The number of imide groups is 1. The summed E-state index contributed by atoms with van der Waals surface area (Å²) in [6.45, 7) is 8.86. The fourth-order valence-corrected chi connectivity index (χ4v) is 4.62. The Hall–Kier alpha value is -2.25. The molecule has 3 aliphatic heterocycles. The number of benzene rings is 1. The van der Waals surface area contributed by atoms with Crippen LogP contribution in [-0.4, -0.2) is 48.3 Å². The molecule has 2 saturated heterocycles. The van der Waals surface area contributed by atoms with Crippen molar-refractivity contribution in [2.24, 2.45) is 11.3 Å². The molecule has 0 aromatic heterocycles. The summed E-state index contributed by atoms with van der Waals surface area (Å²) in [6, 6.07) is 5.43. The number of piperidine rings is 2. The van der Waals surface area contributed by atoms with Gasteiger partial charge in [-0.25, -0.2) is 0 Å². The Morgan fingerprint density at radius 3 is 2.83 bits per heavy atom. The highest BCUT2D eigenvalue weighted by atomic mass is 16.2. The lowest BCUT2D eigenvalue weighted by atomic mass is 9.74. The highest BCUT2D eigenvalue weighted by Gasteiger charge is 2.39. The van der Waals surface area contributed by atoms with E-state index in [9.17, 15) is 14.4 Å². The largest absolute Gasteiger partial charge is 0.322 e. The average Bonchev–Trinajstić information content (AvgIpc) is 2.99. The monoisotopic (exact) mass is 398 g/mol. The minimum atomic E-state index is -0.560. The maximum atomic E-state index is 12.9. The highest BCUT2D eigenvalue weighted by molar-refractivity contribution is 6.05. The minimum Gasteiger partial charge on any atom is -0.322 e. The third-order valence-corrected chi connectivity index (χ3v) is 6.75. The first-order valence-corrected chi connectivity index (χ1v) is 10.5. The Bertz CT molecular complexity index is 835. The van der Waals surface area contributed by atoms with Crippen molar-refractivity contribution in [3.63, 3.8) is 0 Å². The summed E-state index contributed by atoms with van der Waals surface area (Å²) in [5, 5.41) is 9.37. The van der Waals surface area contributed by atoms with Crippen LogP contribution in [-0.2, 0) is 22.7 Å². The zero-order valence-electron chi connectivity index (χ0n) is 17.2. The van der Waals surface area contributed by atoms with Crippen LogP contribution in [0.25, 0.3) is 0 Å². The predicted octanol–water partition coefficient (Wildman–Crippen LogP) is 1.17. The van der Waals surface area contributed by atoms with Gasteiger partial charge in [0.25, 0.3) is 5.91 Å². The van der Waals surface area contributed by atoms with Crippen molar-refractivity contribution in [3.8, 4) is 0 Å². The molecule has 2 atom stereocenters. The molecule has 0 bridgehead atoms. The maximum absolute atomic E-state index is 12.9. The van der Waals surface area contributed by atoms with E-state index in [1.54, 1.807) is 4.90 Å². The molecule has 3 heterocycles. The molecule has 0 radical (unpaired) electrons. The molecule has 0 spiro atoms. The Morgan fingerprint density at radius 1 is 1.24 bits per heavy atom. The molecule has 3 N–H and O–H groups in total. The lowest BCUT2D eigenvalue weighted by molar-refractivity contribution is -0.136. The van der Waals surface area contributed by atoms with Crippen LogP contribution in [0.2, 0.25) is 0 Å². The first-order valence-electron chi connectivity index (χ1n) is 10.5. The van der Waals surface area contributed by atoms with Gasteiger partial charge < -0.3 is 15.5 Å². The van der Waals surface area contributed by atoms with Crippen LogP contribution >= 0.6 is 0 Å². The molecule has 7 heteroatoms. The van der Waals surface area contributed by atoms with E-state index >= 15 is 0 Å². The summed E-state index contributed by atoms with van der Waals surface area (Å²) in [5.74, 6) is -0.169. The lowest BCUT2D eigenvalue weighted by Crippen LogP contribution is -2.52. The summed E-state index contributed by atoms with van der Waals surface area (Å²) >= 11 is 0. The smallest absolute Gasteiger partial charge is 0.255 e. The molecule has 4 rings (SSSR count). The first-order chi connectivity index (χ1) is 13.8. The van der Waals surface area contributed by atoms with Gasteiger partial charge in [-0.1, -0.05) is 26.0 Å². The van der Waals surface area contributed by atoms with Crippen LogP contribution in [0.4, 0.5) is 0 Å². The number of fused-ring (bicyclic) bond motifs is 1. The standard InChI is InChI=1S/C22H30N4O3/c1-22(2)7-8-23-11-16(22)12-24-10-14-3-4-15-13-26(21(29)17(15)9-14)18-5-6-19(27)25-20(18)28/h3-4,9,16,18,23-24H,5-8,10-13H2,1-2H3,(H,25,27,28). The van der Waals surface area contributed by atoms with Crippen LogP contribution in [0.1, 0.15) is 54.6 Å². The van der Waals surface area contributed by atoms with E-state index in [1.807, 2.05) is 12.1 Å². The maximum Gasteiger partial charge on any atom is 0.255 e. The van der Waals surface area contributed by atoms with Gasteiger partial charge in [0.15, 0.2) is 0 Å². The summed E-state index contributed by atoms with van der Waals surface area (Å²) in [4.78, 5) is 38.1. The van der Waals surface area contributed by atoms with E-state index in [1.165, 1.54) is 6.42 Å². The minimum absolute atomic E-state index is 0.117. The normalized spacial score (nSPS) is 26.4. The second-order valence-electron chi connectivity index (χ2n) is 9.16. The number of nitrogens with one attached hydrogen (secondary N) is 3. The van der Waals surface area contributed by atoms with Crippen molar-refractivity contribution >= 4 is 17.7 Å². The lowest BCUT2D eigenvalue weighted by Gasteiger charge is -2.39. The SMILES string of the molecule is CC1(C)CCNCC1CNCc1ccc2c(c1)C(=O)N(C1CCC(=O)NC1=O)C2. The zero-order valence-corrected chi connectivity index (χ0v) is 17.2. The second-order valence-corrected chi connectivity index (χ2v) is 9.16. The summed E-state index contributed by atoms with van der Waals surface area (Å²) in [6.07, 6.45) is 1.85. The van der Waals surface area contributed by atoms with Crippen molar-refractivity contribution in [2.75, 3.05) is 19.6 Å². The first kappa shape index (κ1) is 20.0. The van der Waals surface area contributed by atoms with Crippen LogP contribution in [0.3, 0.4) is 0 Å². The van der Waals surface area contributed by atoms with Gasteiger partial charge in [-0.15, -0.1) is 0 Å². The molecule has 2 fully saturated rings. The third-order valence-electron chi connectivity index (χ3n) is 6.75. The molecule has 3 amide bonds. The summed E-state index contributed by atoms with van der Waals surface area (Å²) in [5.41, 5.74) is 3.02. The van der Waals surface area contributed by atoms with E-state index < -0.39 is 6.04 Å².